The average molecular weight is 569 g/mol. The molecule has 2 aromatic heterocycles. The van der Waals surface area contributed by atoms with E-state index in [2.05, 4.69) is 35.3 Å². The van der Waals surface area contributed by atoms with Crippen LogP contribution in [0.4, 0.5) is 27.4 Å². The number of pyridine rings is 1. The summed E-state index contributed by atoms with van der Waals surface area (Å²) in [4.78, 5) is 17.2. The molecule has 0 spiro atoms. The second-order valence-corrected chi connectivity index (χ2v) is 11.2. The number of anilines is 4. The molecule has 10 nitrogen and oxygen atoms in total. The maximum atomic E-state index is 15.0. The van der Waals surface area contributed by atoms with Gasteiger partial charge >= 0.3 is 0 Å². The fourth-order valence-electron chi connectivity index (χ4n) is 4.32. The van der Waals surface area contributed by atoms with Gasteiger partial charge in [0.15, 0.2) is 5.82 Å². The van der Waals surface area contributed by atoms with E-state index in [1.807, 2.05) is 0 Å². The summed E-state index contributed by atoms with van der Waals surface area (Å²) in [5, 5.41) is 6.53. The largest absolute Gasteiger partial charge is 0.355 e. The van der Waals surface area contributed by atoms with E-state index < -0.39 is 15.8 Å². The summed E-state index contributed by atoms with van der Waals surface area (Å²) in [7, 11) is -4.08. The molecule has 5 N–H and O–H groups in total. The molecule has 1 saturated carbocycles. The number of halogens is 2. The fraction of sp³-hybridized carbons (Fsp3) is 0.231. The molecule has 0 unspecified atom stereocenters. The molecule has 0 amide bonds. The molecule has 1 aliphatic rings. The van der Waals surface area contributed by atoms with E-state index in [4.69, 9.17) is 17.3 Å². The molecule has 4 aromatic rings. The van der Waals surface area contributed by atoms with Crippen LogP contribution < -0.4 is 21.1 Å². The van der Waals surface area contributed by atoms with Crippen LogP contribution in [-0.4, -0.2) is 40.4 Å². The van der Waals surface area contributed by atoms with Gasteiger partial charge in [-0.2, -0.15) is 4.98 Å². The van der Waals surface area contributed by atoms with E-state index in [0.717, 1.165) is 25.7 Å². The highest BCUT2D eigenvalue weighted by Crippen LogP contribution is 2.30. The first kappa shape index (κ1) is 26.7. The molecule has 5 rings (SSSR count). The van der Waals surface area contributed by atoms with Crippen LogP contribution in [0, 0.1) is 5.82 Å². The van der Waals surface area contributed by atoms with Crippen molar-refractivity contribution in [3.05, 3.63) is 78.1 Å². The number of sulfonamides is 1. The summed E-state index contributed by atoms with van der Waals surface area (Å²) >= 11 is 6.01. The maximum absolute atomic E-state index is 15.0. The Morgan fingerprint density at radius 1 is 1.00 bits per heavy atom. The molecular formula is C26H26ClFN8O2S. The SMILES string of the molecule is NC1CCC(Nc2ncnc(-c3cnccc3Nc3ccc(NS(=O)(=O)c4ccccc4Cl)c(F)c3)n2)CC1. The van der Waals surface area contributed by atoms with Crippen molar-refractivity contribution in [2.24, 2.45) is 5.73 Å². The molecule has 1 aliphatic carbocycles. The Balaban J connectivity index is 1.33. The van der Waals surface area contributed by atoms with Crippen molar-refractivity contribution in [3.8, 4) is 11.4 Å². The van der Waals surface area contributed by atoms with E-state index >= 15 is 0 Å². The Kier molecular flexibility index (Phi) is 7.87. The van der Waals surface area contributed by atoms with Crippen molar-refractivity contribution in [2.75, 3.05) is 15.4 Å². The van der Waals surface area contributed by atoms with Crippen LogP contribution >= 0.6 is 11.6 Å². The van der Waals surface area contributed by atoms with E-state index in [0.29, 0.717) is 28.7 Å². The van der Waals surface area contributed by atoms with Gasteiger partial charge in [0.2, 0.25) is 5.95 Å². The molecular weight excluding hydrogens is 543 g/mol. The minimum absolute atomic E-state index is 0.0357. The lowest BCUT2D eigenvalue weighted by Gasteiger charge is -2.26. The topological polar surface area (TPSA) is 148 Å². The first-order valence-electron chi connectivity index (χ1n) is 12.3. The predicted molar refractivity (Wildman–Crippen MR) is 149 cm³/mol. The van der Waals surface area contributed by atoms with Gasteiger partial charge in [-0.05, 0) is 62.1 Å². The van der Waals surface area contributed by atoms with E-state index in [1.165, 1.54) is 36.7 Å². The molecule has 0 atom stereocenters. The van der Waals surface area contributed by atoms with Gasteiger partial charge < -0.3 is 16.4 Å². The Hall–Kier alpha value is -3.87. The number of nitrogens with two attached hydrogens (primary N) is 1. The molecule has 0 saturated heterocycles. The van der Waals surface area contributed by atoms with Crippen molar-refractivity contribution in [3.63, 3.8) is 0 Å². The highest BCUT2D eigenvalue weighted by Gasteiger charge is 2.21. The minimum atomic E-state index is -4.08. The number of benzene rings is 2. The number of hydrogen-bond acceptors (Lipinski definition) is 9. The highest BCUT2D eigenvalue weighted by atomic mass is 35.5. The van der Waals surface area contributed by atoms with Gasteiger partial charge in [-0.3, -0.25) is 9.71 Å². The summed E-state index contributed by atoms with van der Waals surface area (Å²) in [6.07, 6.45) is 8.39. The van der Waals surface area contributed by atoms with Crippen LogP contribution in [0.5, 0.6) is 0 Å². The zero-order valence-corrected chi connectivity index (χ0v) is 22.3. The van der Waals surface area contributed by atoms with Crippen LogP contribution in [0.25, 0.3) is 11.4 Å². The molecule has 0 radical (unpaired) electrons. The molecule has 2 aromatic carbocycles. The second kappa shape index (κ2) is 11.5. The minimum Gasteiger partial charge on any atom is -0.355 e. The molecule has 1 fully saturated rings. The lowest BCUT2D eigenvalue weighted by molar-refractivity contribution is 0.410. The van der Waals surface area contributed by atoms with Crippen molar-refractivity contribution in [1.29, 1.82) is 0 Å². The zero-order valence-electron chi connectivity index (χ0n) is 20.7. The quantitative estimate of drug-likeness (QED) is 0.231. The van der Waals surface area contributed by atoms with Gasteiger partial charge in [0, 0.05) is 30.2 Å². The third-order valence-electron chi connectivity index (χ3n) is 6.36. The Morgan fingerprint density at radius 2 is 1.79 bits per heavy atom. The summed E-state index contributed by atoms with van der Waals surface area (Å²) < 4.78 is 42.6. The van der Waals surface area contributed by atoms with Crippen LogP contribution in [-0.2, 0) is 10.0 Å². The van der Waals surface area contributed by atoms with Crippen LogP contribution in [0.1, 0.15) is 25.7 Å². The third-order valence-corrected chi connectivity index (χ3v) is 8.22. The lowest BCUT2D eigenvalue weighted by atomic mass is 9.92. The van der Waals surface area contributed by atoms with Gasteiger partial charge in [-0.15, -0.1) is 0 Å². The molecule has 13 heteroatoms. The first-order valence-corrected chi connectivity index (χ1v) is 14.1. The van der Waals surface area contributed by atoms with Gasteiger partial charge in [-0.1, -0.05) is 23.7 Å². The van der Waals surface area contributed by atoms with Gasteiger partial charge in [-0.25, -0.2) is 22.8 Å². The predicted octanol–water partition coefficient (Wildman–Crippen LogP) is 4.95. The second-order valence-electron chi connectivity index (χ2n) is 9.17. The first-order chi connectivity index (χ1) is 18.8. The lowest BCUT2D eigenvalue weighted by Crippen LogP contribution is -2.33. The normalized spacial score (nSPS) is 17.4. The third kappa shape index (κ3) is 6.41. The summed E-state index contributed by atoms with van der Waals surface area (Å²) in [5.41, 5.74) is 7.33. The maximum Gasteiger partial charge on any atom is 0.263 e. The monoisotopic (exact) mass is 568 g/mol. The standard InChI is InChI=1S/C26H26ClFN8O2S/c27-20-3-1-2-4-24(20)39(37,38)36-23-10-9-18(13-21(23)28)33-22-11-12-30-14-19(22)25-31-15-32-26(35-25)34-17-7-5-16(29)6-8-17/h1-4,9-17,36H,5-8,29H2,(H,30,33)(H,31,32,34,35). The van der Waals surface area contributed by atoms with Gasteiger partial charge in [0.05, 0.1) is 22.0 Å². The summed E-state index contributed by atoms with van der Waals surface area (Å²) in [6.45, 7) is 0. The van der Waals surface area contributed by atoms with Crippen LogP contribution in [0.15, 0.2) is 72.1 Å². The zero-order chi connectivity index (χ0) is 27.4. The molecule has 0 bridgehead atoms. The highest BCUT2D eigenvalue weighted by molar-refractivity contribution is 7.92. The van der Waals surface area contributed by atoms with Crippen molar-refractivity contribution < 1.29 is 12.8 Å². The number of aromatic nitrogens is 4. The van der Waals surface area contributed by atoms with E-state index in [1.54, 1.807) is 30.6 Å². The number of nitrogens with zero attached hydrogens (tertiary/aromatic N) is 4. The van der Waals surface area contributed by atoms with Gasteiger partial charge in [0.25, 0.3) is 10.0 Å². The number of nitrogens with one attached hydrogen (secondary N) is 3. The fourth-order valence-corrected chi connectivity index (χ4v) is 5.90. The summed E-state index contributed by atoms with van der Waals surface area (Å²) in [5.74, 6) is 0.0711. The number of rotatable bonds is 8. The molecule has 2 heterocycles. The van der Waals surface area contributed by atoms with Crippen LogP contribution in [0.2, 0.25) is 5.02 Å². The van der Waals surface area contributed by atoms with Gasteiger partial charge in [0.1, 0.15) is 17.0 Å². The average Bonchev–Trinajstić information content (AvgIpc) is 2.92. The molecule has 39 heavy (non-hydrogen) atoms. The Morgan fingerprint density at radius 3 is 2.56 bits per heavy atom. The van der Waals surface area contributed by atoms with E-state index in [9.17, 15) is 12.8 Å². The Labute approximate surface area is 230 Å². The van der Waals surface area contributed by atoms with Crippen molar-refractivity contribution in [2.45, 2.75) is 42.7 Å². The van der Waals surface area contributed by atoms with Crippen molar-refractivity contribution >= 4 is 44.6 Å². The molecule has 0 aliphatic heterocycles. The van der Waals surface area contributed by atoms with E-state index in [-0.39, 0.29) is 27.7 Å². The summed E-state index contributed by atoms with van der Waals surface area (Å²) in [6, 6.07) is 12.2. The Bertz CT molecular complexity index is 1580. The van der Waals surface area contributed by atoms with Crippen LogP contribution in [0.3, 0.4) is 0 Å². The number of hydrogen-bond donors (Lipinski definition) is 4. The smallest absolute Gasteiger partial charge is 0.263 e. The molecule has 202 valence electrons. The van der Waals surface area contributed by atoms with Crippen molar-refractivity contribution in [1.82, 2.24) is 19.9 Å².